The van der Waals surface area contributed by atoms with Crippen LogP contribution in [-0.2, 0) is 0 Å². The number of hydrogen-bond donors (Lipinski definition) is 4. The Bertz CT molecular complexity index is 3280. The molecule has 4 N–H and O–H groups in total. The van der Waals surface area contributed by atoms with Gasteiger partial charge < -0.3 is 28.9 Å². The molecule has 0 unspecified atom stereocenters. The predicted molar refractivity (Wildman–Crippen MR) is 236 cm³/mol. The summed E-state index contributed by atoms with van der Waals surface area (Å²) >= 11 is 3.49. The van der Waals surface area contributed by atoms with Gasteiger partial charge in [-0.15, -0.1) is 0 Å². The Morgan fingerprint density at radius 1 is 0.375 bits per heavy atom. The van der Waals surface area contributed by atoms with Crippen molar-refractivity contribution < 1.29 is 18.9 Å². The van der Waals surface area contributed by atoms with Gasteiger partial charge in [-0.1, -0.05) is 113 Å². The van der Waals surface area contributed by atoms with E-state index in [1.54, 1.807) is 18.2 Å². The minimum absolute atomic E-state index is 0.471. The molecule has 0 fully saturated rings. The molecule has 4 heterocycles. The van der Waals surface area contributed by atoms with Gasteiger partial charge in [0.05, 0.1) is 0 Å². The molecule has 4 aromatic heterocycles. The van der Waals surface area contributed by atoms with E-state index in [-0.39, 0.29) is 0 Å². The zero-order valence-corrected chi connectivity index (χ0v) is 31.4. The Hall–Kier alpha value is -6.58. The first-order valence-corrected chi connectivity index (χ1v) is 19.1. The van der Waals surface area contributed by atoms with Crippen LogP contribution in [-0.4, -0.2) is 27.1 Å². The number of furan rings is 2. The third-order valence-electron chi connectivity index (χ3n) is 10.4. The first-order chi connectivity index (χ1) is 27.5. The summed E-state index contributed by atoms with van der Waals surface area (Å²) in [4.78, 5) is 6.88. The van der Waals surface area contributed by atoms with Gasteiger partial charge in [0.2, 0.25) is 0 Å². The van der Waals surface area contributed by atoms with Gasteiger partial charge in [-0.25, -0.2) is 0 Å². The summed E-state index contributed by atoms with van der Waals surface area (Å²) in [7, 11) is -1.45. The second-order valence-electron chi connectivity index (χ2n) is 13.8. The number of H-pyrrole nitrogens is 2. The Morgan fingerprint density at radius 2 is 0.804 bits per heavy atom. The number of rotatable bonds is 2. The van der Waals surface area contributed by atoms with Gasteiger partial charge in [-0.05, 0) is 89.4 Å². The Kier molecular flexibility index (Phi) is 8.45. The molecule has 0 atom stereocenters. The highest BCUT2D eigenvalue weighted by Crippen LogP contribution is 2.35. The fourth-order valence-electron chi connectivity index (χ4n) is 7.66. The quantitative estimate of drug-likeness (QED) is 0.131. The zero-order valence-electron chi connectivity index (χ0n) is 29.8. The first kappa shape index (κ1) is 34.0. The molecule has 0 saturated carbocycles. The lowest BCUT2D eigenvalue weighted by Crippen LogP contribution is -2.29. The molecule has 6 nitrogen and oxygen atoms in total. The molecular weight excluding hydrogens is 759 g/mol. The molecule has 8 heteroatoms. The second kappa shape index (κ2) is 13.9. The van der Waals surface area contributed by atoms with E-state index in [2.05, 4.69) is 135 Å². The van der Waals surface area contributed by atoms with E-state index in [0.29, 0.717) is 5.46 Å². The van der Waals surface area contributed by atoms with Crippen LogP contribution < -0.4 is 5.46 Å². The molecule has 12 rings (SSSR count). The van der Waals surface area contributed by atoms with E-state index >= 15 is 0 Å². The molecule has 56 heavy (non-hydrogen) atoms. The van der Waals surface area contributed by atoms with Crippen molar-refractivity contribution in [2.45, 2.75) is 0 Å². The van der Waals surface area contributed by atoms with Crippen LogP contribution >= 0.6 is 15.9 Å². The van der Waals surface area contributed by atoms with Crippen molar-refractivity contribution in [3.8, 4) is 11.1 Å². The molecule has 0 aliphatic heterocycles. The van der Waals surface area contributed by atoms with Gasteiger partial charge in [-0.3, -0.25) is 0 Å². The van der Waals surface area contributed by atoms with Crippen LogP contribution in [0.1, 0.15) is 0 Å². The van der Waals surface area contributed by atoms with Crippen molar-refractivity contribution in [1.29, 1.82) is 0 Å². The Balaban J connectivity index is 0.000000110. The molecule has 0 amide bonds. The summed E-state index contributed by atoms with van der Waals surface area (Å²) in [5.41, 5.74) is 11.1. The van der Waals surface area contributed by atoms with Crippen molar-refractivity contribution in [2.75, 3.05) is 0 Å². The molecule has 0 saturated heterocycles. The maximum Gasteiger partial charge on any atom is 0.488 e. The van der Waals surface area contributed by atoms with E-state index in [9.17, 15) is 0 Å². The summed E-state index contributed by atoms with van der Waals surface area (Å²) in [6, 6.07) is 57.2. The normalized spacial score (nSPS) is 11.5. The lowest BCUT2D eigenvalue weighted by Gasteiger charge is -2.03. The lowest BCUT2D eigenvalue weighted by atomic mass is 9.80. The van der Waals surface area contributed by atoms with Crippen LogP contribution in [0.5, 0.6) is 0 Å². The lowest BCUT2D eigenvalue weighted by molar-refractivity contribution is 0.426. The highest BCUT2D eigenvalue weighted by Gasteiger charge is 2.14. The fourth-order valence-corrected chi connectivity index (χ4v) is 8.02. The number of hydrogen-bond acceptors (Lipinski definition) is 4. The van der Waals surface area contributed by atoms with Gasteiger partial charge >= 0.3 is 7.12 Å². The number of fused-ring (bicyclic) bond motifs is 12. The van der Waals surface area contributed by atoms with E-state index in [0.717, 1.165) is 48.3 Å². The van der Waals surface area contributed by atoms with Crippen LogP contribution in [0, 0.1) is 0 Å². The van der Waals surface area contributed by atoms with Crippen LogP contribution in [0.15, 0.2) is 183 Å². The fraction of sp³-hybridized carbons (Fsp3) is 0. The van der Waals surface area contributed by atoms with Crippen molar-refractivity contribution in [3.63, 3.8) is 0 Å². The van der Waals surface area contributed by atoms with E-state index in [4.69, 9.17) is 18.9 Å². The molecule has 0 spiro atoms. The molecule has 0 aliphatic carbocycles. The second-order valence-corrected chi connectivity index (χ2v) is 14.7. The van der Waals surface area contributed by atoms with Crippen LogP contribution in [0.2, 0.25) is 0 Å². The molecule has 268 valence electrons. The Labute approximate surface area is 328 Å². The number of aromatic amines is 2. The molecule has 8 aromatic carbocycles. The SMILES string of the molecule is Brc1ccc2[nH]c3ccccc3c2c1.OB(O)c1ccc2oc3ccccc3c2c1.c1ccc2c(c1)[nH]c1ccc(-c3ccc4oc5ccccc5c4c3)cc12. The largest absolute Gasteiger partial charge is 0.488 e. The van der Waals surface area contributed by atoms with Crippen molar-refractivity contribution in [3.05, 3.63) is 174 Å². The van der Waals surface area contributed by atoms with Crippen molar-refractivity contribution >= 4 is 116 Å². The molecule has 12 aromatic rings. The van der Waals surface area contributed by atoms with Crippen LogP contribution in [0.25, 0.3) is 98.6 Å². The molecule has 0 bridgehead atoms. The maximum atomic E-state index is 9.12. The highest BCUT2D eigenvalue weighted by atomic mass is 79.9. The van der Waals surface area contributed by atoms with Gasteiger partial charge in [0.25, 0.3) is 0 Å². The van der Waals surface area contributed by atoms with Gasteiger partial charge in [0.15, 0.2) is 0 Å². The average Bonchev–Trinajstić information content (AvgIpc) is 4.00. The predicted octanol–water partition coefficient (Wildman–Crippen LogP) is 12.2. The third kappa shape index (κ3) is 6.10. The maximum absolute atomic E-state index is 9.12. The molecule has 0 aliphatic rings. The molecule has 0 radical (unpaired) electrons. The molecular formula is C48H32BBrN2O4. The first-order valence-electron chi connectivity index (χ1n) is 18.3. The number of nitrogens with one attached hydrogen (secondary N) is 2. The van der Waals surface area contributed by atoms with Gasteiger partial charge in [-0.2, -0.15) is 0 Å². The van der Waals surface area contributed by atoms with E-state index < -0.39 is 7.12 Å². The number of halogens is 1. The van der Waals surface area contributed by atoms with Gasteiger partial charge in [0, 0.05) is 69.6 Å². The third-order valence-corrected chi connectivity index (χ3v) is 10.9. The summed E-state index contributed by atoms with van der Waals surface area (Å²) in [6.45, 7) is 0. The zero-order chi connectivity index (χ0) is 37.8. The summed E-state index contributed by atoms with van der Waals surface area (Å²) < 4.78 is 12.7. The Morgan fingerprint density at radius 3 is 1.41 bits per heavy atom. The number of aromatic nitrogens is 2. The van der Waals surface area contributed by atoms with Crippen LogP contribution in [0.3, 0.4) is 0 Å². The summed E-state index contributed by atoms with van der Waals surface area (Å²) in [6.07, 6.45) is 0. The minimum atomic E-state index is -1.45. The van der Waals surface area contributed by atoms with E-state index in [1.807, 2.05) is 42.5 Å². The van der Waals surface area contributed by atoms with E-state index in [1.165, 1.54) is 54.7 Å². The summed E-state index contributed by atoms with van der Waals surface area (Å²) in [5.74, 6) is 0. The number of benzene rings is 8. The van der Waals surface area contributed by atoms with Crippen molar-refractivity contribution in [2.24, 2.45) is 0 Å². The average molecular weight is 792 g/mol. The minimum Gasteiger partial charge on any atom is -0.456 e. The topological polar surface area (TPSA) is 98.3 Å². The van der Waals surface area contributed by atoms with Crippen LogP contribution in [0.4, 0.5) is 0 Å². The van der Waals surface area contributed by atoms with Crippen molar-refractivity contribution in [1.82, 2.24) is 9.97 Å². The number of para-hydroxylation sites is 4. The monoisotopic (exact) mass is 790 g/mol. The summed E-state index contributed by atoms with van der Waals surface area (Å²) in [5, 5.41) is 27.5. The van der Waals surface area contributed by atoms with Gasteiger partial charge in [0.1, 0.15) is 22.3 Å². The smallest absolute Gasteiger partial charge is 0.456 e. The highest BCUT2D eigenvalue weighted by molar-refractivity contribution is 9.10. The standard InChI is InChI=1S/C24H15NO.C12H9BO3.C12H8BrN/c1-3-7-21-17(5-1)19-13-15(9-11-22(19)25-21)16-10-12-24-20(14-16)18-6-2-4-8-23(18)26-24;14-13(15)8-5-6-12-10(7-8)9-3-1-2-4-11(9)16-12;13-8-5-6-12-10(7-8)9-3-1-2-4-11(9)14-12/h1-14,25H;1-7,14-15H;1-7,14H.